The Labute approximate surface area is 636 Å². The van der Waals surface area contributed by atoms with Gasteiger partial charge >= 0.3 is 0 Å². The number of hydrogen-bond acceptors (Lipinski definition) is 0. The van der Waals surface area contributed by atoms with E-state index in [1.807, 2.05) is 0 Å². The Morgan fingerprint density at radius 3 is 0.806 bits per heavy atom. The Kier molecular flexibility index (Phi) is 15.2. The fourth-order valence-corrected chi connectivity index (χ4v) is 24.6. The second-order valence-electron chi connectivity index (χ2n) is 33.3. The monoisotopic (exact) mass is 1390 g/mol. The molecular formula is C108H90. The predicted octanol–water partition coefficient (Wildman–Crippen LogP) is 29.5. The number of fused-ring (bicyclic) bond motifs is 11. The number of hydrogen-bond donors (Lipinski definition) is 0. The highest BCUT2D eigenvalue weighted by atomic mass is 14.7. The lowest BCUT2D eigenvalue weighted by atomic mass is 9.43. The summed E-state index contributed by atoms with van der Waals surface area (Å²) in [6.07, 6.45) is 14.3. The van der Waals surface area contributed by atoms with Crippen LogP contribution in [0.3, 0.4) is 0 Å². The molecule has 522 valence electrons. The molecule has 0 saturated heterocycles. The summed E-state index contributed by atoms with van der Waals surface area (Å²) in [4.78, 5) is 0. The SMILES string of the molecule is C.C.c1ccc(-c2ccc(-c3c4ccccc4c(-c4ccc(-c5ccc6c(c5)C5(c7ccccc7-6)C6CC7CC(C6)CC5C7)cc4)c4ccccc34)cc2)cc1.c1ccc2c(c1)-c1ccc(-c3ccc(-c4c5ccccc5c(-c5ccc6ccccc6c5)c5ccccc45)cc3)cc1C21C2CC3CC(C2)CC1C3. The molecule has 10 aliphatic carbocycles. The molecule has 0 aromatic heterocycles. The summed E-state index contributed by atoms with van der Waals surface area (Å²) >= 11 is 0. The van der Waals surface area contributed by atoms with E-state index in [4.69, 9.17) is 0 Å². The van der Waals surface area contributed by atoms with Gasteiger partial charge in [-0.1, -0.05) is 324 Å². The third-order valence-corrected chi connectivity index (χ3v) is 28.3. The Bertz CT molecular complexity index is 6090. The second-order valence-corrected chi connectivity index (χ2v) is 33.3. The maximum absolute atomic E-state index is 2.62. The molecule has 16 aromatic carbocycles. The first-order valence-electron chi connectivity index (χ1n) is 39.7. The van der Waals surface area contributed by atoms with Gasteiger partial charge in [0.25, 0.3) is 0 Å². The maximum atomic E-state index is 2.62. The molecule has 0 radical (unpaired) electrons. The van der Waals surface area contributed by atoms with Gasteiger partial charge in [-0.15, -0.1) is 0 Å². The summed E-state index contributed by atoms with van der Waals surface area (Å²) in [7, 11) is 0. The van der Waals surface area contributed by atoms with Crippen molar-refractivity contribution in [2.45, 2.75) is 89.9 Å². The van der Waals surface area contributed by atoms with Crippen LogP contribution in [0.1, 0.15) is 101 Å². The zero-order chi connectivity index (χ0) is 69.3. The van der Waals surface area contributed by atoms with E-state index in [0.29, 0.717) is 0 Å². The van der Waals surface area contributed by atoms with Gasteiger partial charge in [-0.25, -0.2) is 0 Å². The Hall–Kier alpha value is -11.2. The van der Waals surface area contributed by atoms with Gasteiger partial charge in [0.1, 0.15) is 0 Å². The molecule has 16 aromatic rings. The highest BCUT2D eigenvalue weighted by Crippen LogP contribution is 2.71. The van der Waals surface area contributed by atoms with Gasteiger partial charge in [0.05, 0.1) is 0 Å². The van der Waals surface area contributed by atoms with E-state index in [9.17, 15) is 0 Å². The van der Waals surface area contributed by atoms with Gasteiger partial charge in [-0.3, -0.25) is 0 Å². The first-order valence-corrected chi connectivity index (χ1v) is 39.7. The van der Waals surface area contributed by atoms with Crippen molar-refractivity contribution in [3.05, 3.63) is 350 Å². The zero-order valence-electron chi connectivity index (χ0n) is 59.9. The summed E-state index contributed by atoms with van der Waals surface area (Å²) in [6.45, 7) is 0. The summed E-state index contributed by atoms with van der Waals surface area (Å²) < 4.78 is 0. The predicted molar refractivity (Wildman–Crippen MR) is 458 cm³/mol. The van der Waals surface area contributed by atoms with Crippen LogP contribution >= 0.6 is 0 Å². The fourth-order valence-electron chi connectivity index (χ4n) is 24.6. The standard InChI is InChI=1S/C54H42.C52H40.2CH4/c1-2-10-36(11-3-1)37-18-22-39(23-19-37)52-46-13-4-6-15-48(46)53(49-16-7-5-14-47(49)52)40-24-20-38(21-25-40)41-26-27-45-44-12-8-9-17-50(44)54(51(45)33-41)42-29-34-28-35(31-42)32-43(54)30-34;1-2-10-37-30-39(22-19-34(37)9-1)51-46-14-5-3-12-44(46)50(45-13-4-6-15-47(45)51)36-20-17-35(18-21-36)38-23-24-43-42-11-7-8-16-48(42)52(49(43)31-38)40-26-32-25-33(28-40)29-41(52)27-32;;/h1-27,33-35,42-43H,28-32H2;1-24,30-33,40-41H,25-29H2;2*1H4. The fraction of sp³-hybridized carbons (Fsp3) is 0.204. The van der Waals surface area contributed by atoms with Crippen molar-refractivity contribution in [2.24, 2.45) is 47.3 Å². The highest BCUT2D eigenvalue weighted by Gasteiger charge is 2.63. The second kappa shape index (κ2) is 25.2. The van der Waals surface area contributed by atoms with E-state index in [-0.39, 0.29) is 25.7 Å². The number of benzene rings is 16. The smallest absolute Gasteiger partial charge is 0.0272 e. The van der Waals surface area contributed by atoms with Gasteiger partial charge in [0, 0.05) is 10.8 Å². The molecular weight excluding hydrogens is 1300 g/mol. The van der Waals surface area contributed by atoms with E-state index in [1.54, 1.807) is 22.3 Å². The van der Waals surface area contributed by atoms with E-state index in [1.165, 1.54) is 218 Å². The van der Waals surface area contributed by atoms with Gasteiger partial charge in [-0.05, 0) is 306 Å². The molecule has 0 aliphatic heterocycles. The van der Waals surface area contributed by atoms with Crippen LogP contribution in [0.4, 0.5) is 0 Å². The van der Waals surface area contributed by atoms with Crippen LogP contribution in [0.5, 0.6) is 0 Å². The minimum absolute atomic E-state index is 0. The van der Waals surface area contributed by atoms with Crippen LogP contribution in [-0.4, -0.2) is 0 Å². The molecule has 8 saturated carbocycles. The highest BCUT2D eigenvalue weighted by molar-refractivity contribution is 6.23. The van der Waals surface area contributed by atoms with Crippen molar-refractivity contribution < 1.29 is 0 Å². The maximum Gasteiger partial charge on any atom is 0.0272 e. The zero-order valence-corrected chi connectivity index (χ0v) is 59.9. The topological polar surface area (TPSA) is 0 Å². The molecule has 0 heterocycles. The van der Waals surface area contributed by atoms with Crippen LogP contribution in [0.2, 0.25) is 0 Å². The van der Waals surface area contributed by atoms with Crippen molar-refractivity contribution in [1.29, 1.82) is 0 Å². The summed E-state index contributed by atoms with van der Waals surface area (Å²) in [5, 5.41) is 12.9. The largest absolute Gasteiger partial charge is 0.0776 e. The molecule has 26 rings (SSSR count). The van der Waals surface area contributed by atoms with Crippen molar-refractivity contribution in [3.8, 4) is 100 Å². The molecule has 10 aliphatic rings. The van der Waals surface area contributed by atoms with Gasteiger partial charge in [0.15, 0.2) is 0 Å². The molecule has 0 N–H and O–H groups in total. The van der Waals surface area contributed by atoms with E-state index >= 15 is 0 Å². The summed E-state index contributed by atoms with van der Waals surface area (Å²) in [6, 6.07) is 124. The Morgan fingerprint density at radius 1 is 0.176 bits per heavy atom. The molecule has 8 fully saturated rings. The Balaban J connectivity index is 0.000000135. The molecule has 0 nitrogen and oxygen atoms in total. The lowest BCUT2D eigenvalue weighted by molar-refractivity contribution is -0.0399. The first kappa shape index (κ1) is 65.1. The van der Waals surface area contributed by atoms with Gasteiger partial charge in [-0.2, -0.15) is 0 Å². The minimum Gasteiger partial charge on any atom is -0.0776 e. The van der Waals surface area contributed by atoms with Crippen molar-refractivity contribution in [2.75, 3.05) is 0 Å². The third kappa shape index (κ3) is 9.60. The van der Waals surface area contributed by atoms with Crippen LogP contribution in [0.15, 0.2) is 328 Å². The van der Waals surface area contributed by atoms with E-state index < -0.39 is 0 Å². The van der Waals surface area contributed by atoms with E-state index in [0.717, 1.165) is 47.3 Å². The van der Waals surface area contributed by atoms with Crippen molar-refractivity contribution in [1.82, 2.24) is 0 Å². The lowest BCUT2D eigenvalue weighted by Gasteiger charge is -2.61. The molecule has 108 heavy (non-hydrogen) atoms. The van der Waals surface area contributed by atoms with Crippen molar-refractivity contribution >= 4 is 53.9 Å². The lowest BCUT2D eigenvalue weighted by Crippen LogP contribution is -2.55. The average molecular weight is 1390 g/mol. The molecule has 0 atom stereocenters. The van der Waals surface area contributed by atoms with Gasteiger partial charge < -0.3 is 0 Å². The molecule has 2 spiro atoms. The molecule has 8 bridgehead atoms. The number of rotatable bonds is 7. The molecule has 0 amide bonds. The van der Waals surface area contributed by atoms with Crippen LogP contribution < -0.4 is 0 Å². The third-order valence-electron chi connectivity index (χ3n) is 28.3. The molecule has 0 heteroatoms. The van der Waals surface area contributed by atoms with Gasteiger partial charge in [0.2, 0.25) is 0 Å². The minimum atomic E-state index is 0. The van der Waals surface area contributed by atoms with E-state index in [2.05, 4.69) is 328 Å². The first-order chi connectivity index (χ1) is 52.5. The molecule has 0 unspecified atom stereocenters. The van der Waals surface area contributed by atoms with Crippen LogP contribution in [0.25, 0.3) is 154 Å². The Morgan fingerprint density at radius 2 is 0.435 bits per heavy atom. The van der Waals surface area contributed by atoms with Crippen LogP contribution in [-0.2, 0) is 10.8 Å². The van der Waals surface area contributed by atoms with Crippen LogP contribution in [0, 0.1) is 47.3 Å². The summed E-state index contributed by atoms with van der Waals surface area (Å²) in [5.41, 5.74) is 31.0. The average Bonchev–Trinajstić information content (AvgIpc) is 1.53. The normalized spacial score (nSPS) is 23.1. The quantitative estimate of drug-likeness (QED) is 0.140. The van der Waals surface area contributed by atoms with Crippen molar-refractivity contribution in [3.63, 3.8) is 0 Å². The summed E-state index contributed by atoms with van der Waals surface area (Å²) in [5.74, 6) is 6.92.